The Morgan fingerprint density at radius 1 is 1.20 bits per heavy atom. The number of hydrogen-bond acceptors (Lipinski definition) is 5. The Hall–Kier alpha value is -3.98. The maximum absolute atomic E-state index is 13.2. The minimum Gasteiger partial charge on any atom is -0.365 e. The molecular formula is C20H15ClFN7O. The first kappa shape index (κ1) is 19.3. The van der Waals surface area contributed by atoms with Gasteiger partial charge >= 0.3 is 0 Å². The van der Waals surface area contributed by atoms with Crippen LogP contribution in [0.15, 0.2) is 59.7 Å². The van der Waals surface area contributed by atoms with Gasteiger partial charge in [0.05, 0.1) is 11.9 Å². The van der Waals surface area contributed by atoms with E-state index in [2.05, 4.69) is 30.7 Å². The van der Waals surface area contributed by atoms with E-state index in [4.69, 9.17) is 17.3 Å². The number of hydrogen-bond donors (Lipinski definition) is 4. The lowest BCUT2D eigenvalue weighted by atomic mass is 10.1. The quantitative estimate of drug-likeness (QED) is 0.347. The van der Waals surface area contributed by atoms with Crippen molar-refractivity contribution in [2.24, 2.45) is 10.7 Å². The fourth-order valence-electron chi connectivity index (χ4n) is 2.83. The highest BCUT2D eigenvalue weighted by Crippen LogP contribution is 2.28. The lowest BCUT2D eigenvalue weighted by Gasteiger charge is -2.05. The molecule has 5 N–H and O–H groups in total. The van der Waals surface area contributed by atoms with Crippen LogP contribution in [0.25, 0.3) is 11.3 Å². The number of nitrogens with zero attached hydrogens (tertiary/aromatic N) is 3. The number of H-pyrrole nitrogens is 2. The second-order valence-electron chi connectivity index (χ2n) is 6.26. The van der Waals surface area contributed by atoms with Crippen LogP contribution < -0.4 is 11.1 Å². The number of carbonyl (C=O) groups excluding carboxylic acids is 1. The molecule has 0 aliphatic heterocycles. The third kappa shape index (κ3) is 4.06. The van der Waals surface area contributed by atoms with Gasteiger partial charge in [0, 0.05) is 28.1 Å². The first-order chi connectivity index (χ1) is 14.5. The number of benzene rings is 2. The molecule has 150 valence electrons. The molecule has 0 spiro atoms. The van der Waals surface area contributed by atoms with Crippen molar-refractivity contribution in [1.82, 2.24) is 20.4 Å². The maximum atomic E-state index is 13.2. The van der Waals surface area contributed by atoms with E-state index in [0.717, 1.165) is 5.56 Å². The molecule has 4 aromatic rings. The summed E-state index contributed by atoms with van der Waals surface area (Å²) < 4.78 is 13.2. The van der Waals surface area contributed by atoms with Crippen molar-refractivity contribution in [3.8, 4) is 11.3 Å². The number of nitrogens with one attached hydrogen (secondary N) is 3. The van der Waals surface area contributed by atoms with E-state index >= 15 is 0 Å². The van der Waals surface area contributed by atoms with Crippen LogP contribution in [0.2, 0.25) is 5.02 Å². The van der Waals surface area contributed by atoms with E-state index in [1.54, 1.807) is 42.6 Å². The van der Waals surface area contributed by atoms with Crippen LogP contribution in [-0.4, -0.2) is 32.5 Å². The number of carbonyl (C=O) groups is 1. The molecule has 1 amide bonds. The van der Waals surface area contributed by atoms with E-state index in [9.17, 15) is 9.18 Å². The molecule has 0 saturated carbocycles. The highest BCUT2D eigenvalue weighted by atomic mass is 35.5. The van der Waals surface area contributed by atoms with Gasteiger partial charge in [0.25, 0.3) is 5.91 Å². The monoisotopic (exact) mass is 423 g/mol. The van der Waals surface area contributed by atoms with Crippen LogP contribution in [-0.2, 0) is 0 Å². The van der Waals surface area contributed by atoms with Gasteiger partial charge in [0.2, 0.25) is 0 Å². The van der Waals surface area contributed by atoms with Crippen molar-refractivity contribution in [2.75, 3.05) is 5.32 Å². The summed E-state index contributed by atoms with van der Waals surface area (Å²) in [6.07, 6.45) is 3.05. The molecule has 0 saturated heterocycles. The molecule has 0 atom stereocenters. The zero-order valence-corrected chi connectivity index (χ0v) is 16.1. The Balaban J connectivity index is 1.64. The van der Waals surface area contributed by atoms with Gasteiger partial charge < -0.3 is 11.1 Å². The number of primary amides is 1. The number of amides is 1. The topological polar surface area (TPSA) is 125 Å². The fourth-order valence-corrected chi connectivity index (χ4v) is 3.02. The minimum absolute atomic E-state index is 0.0954. The van der Waals surface area contributed by atoms with Crippen molar-refractivity contribution >= 4 is 41.0 Å². The highest BCUT2D eigenvalue weighted by Gasteiger charge is 2.18. The third-order valence-electron chi connectivity index (χ3n) is 4.22. The van der Waals surface area contributed by atoms with E-state index in [1.807, 2.05) is 0 Å². The summed E-state index contributed by atoms with van der Waals surface area (Å²) in [6.45, 7) is 0. The Kier molecular flexibility index (Phi) is 5.27. The smallest absolute Gasteiger partial charge is 0.256 e. The van der Waals surface area contributed by atoms with Crippen molar-refractivity contribution in [2.45, 2.75) is 0 Å². The molecule has 0 aliphatic carbocycles. The van der Waals surface area contributed by atoms with Gasteiger partial charge in [0.15, 0.2) is 5.82 Å². The van der Waals surface area contributed by atoms with Gasteiger partial charge in [0.1, 0.15) is 17.2 Å². The number of anilines is 2. The SMILES string of the molecule is NC(=O)c1c(N=Cc2cn[nH]c2-c2ccc(F)cc2)n[nH]c1Nc1cccc(Cl)c1. The van der Waals surface area contributed by atoms with Crippen LogP contribution in [0.1, 0.15) is 15.9 Å². The van der Waals surface area contributed by atoms with Gasteiger partial charge in [-0.3, -0.25) is 15.0 Å². The van der Waals surface area contributed by atoms with Crippen molar-refractivity contribution < 1.29 is 9.18 Å². The predicted octanol–water partition coefficient (Wildman–Crippen LogP) is 4.19. The number of halogens is 2. The maximum Gasteiger partial charge on any atom is 0.256 e. The van der Waals surface area contributed by atoms with Crippen LogP contribution in [0.5, 0.6) is 0 Å². The van der Waals surface area contributed by atoms with Crippen molar-refractivity contribution in [3.63, 3.8) is 0 Å². The molecule has 2 heterocycles. The Morgan fingerprint density at radius 3 is 2.73 bits per heavy atom. The average Bonchev–Trinajstić information content (AvgIpc) is 3.34. The second-order valence-corrected chi connectivity index (χ2v) is 6.70. The number of aliphatic imine (C=N–C) groups is 1. The number of aromatic nitrogens is 4. The first-order valence-corrected chi connectivity index (χ1v) is 9.13. The van der Waals surface area contributed by atoms with Gasteiger partial charge in [-0.1, -0.05) is 17.7 Å². The first-order valence-electron chi connectivity index (χ1n) is 8.75. The van der Waals surface area contributed by atoms with Gasteiger partial charge in [-0.25, -0.2) is 9.38 Å². The summed E-state index contributed by atoms with van der Waals surface area (Å²) in [5.74, 6) is -0.636. The van der Waals surface area contributed by atoms with Crippen LogP contribution >= 0.6 is 11.6 Å². The number of rotatable bonds is 6. The molecule has 0 unspecified atom stereocenters. The third-order valence-corrected chi connectivity index (χ3v) is 4.45. The molecule has 10 heteroatoms. The average molecular weight is 424 g/mol. The van der Waals surface area contributed by atoms with Crippen LogP contribution in [0.3, 0.4) is 0 Å². The van der Waals surface area contributed by atoms with Gasteiger partial charge in [-0.05, 0) is 42.5 Å². The summed E-state index contributed by atoms with van der Waals surface area (Å²) in [5.41, 5.74) is 8.29. The van der Waals surface area contributed by atoms with E-state index in [0.29, 0.717) is 27.8 Å². The summed E-state index contributed by atoms with van der Waals surface area (Å²) in [5, 5.41) is 17.2. The molecule has 8 nitrogen and oxygen atoms in total. The number of aromatic amines is 2. The lowest BCUT2D eigenvalue weighted by molar-refractivity contribution is 0.100. The Bertz CT molecular complexity index is 1230. The zero-order chi connectivity index (χ0) is 21.1. The molecular weight excluding hydrogens is 409 g/mol. The molecule has 0 fully saturated rings. The standard InChI is InChI=1S/C20H15ClFN7O/c21-13-2-1-3-15(8-13)26-20-16(18(23)30)19(28-29-20)24-9-12-10-25-27-17(12)11-4-6-14(22)7-5-11/h1-10H,(H2,23,30)(H,25,27)(H2,26,28,29). The minimum atomic E-state index is -0.702. The summed E-state index contributed by atoms with van der Waals surface area (Å²) in [6, 6.07) is 12.9. The molecule has 2 aromatic heterocycles. The predicted molar refractivity (Wildman–Crippen MR) is 113 cm³/mol. The fraction of sp³-hybridized carbons (Fsp3) is 0. The van der Waals surface area contributed by atoms with Crippen molar-refractivity contribution in [3.05, 3.63) is 76.7 Å². The molecule has 0 radical (unpaired) electrons. The second kappa shape index (κ2) is 8.18. The zero-order valence-electron chi connectivity index (χ0n) is 15.4. The Morgan fingerprint density at radius 2 is 2.00 bits per heavy atom. The summed E-state index contributed by atoms with van der Waals surface area (Å²) >= 11 is 5.99. The van der Waals surface area contributed by atoms with E-state index in [1.165, 1.54) is 18.3 Å². The van der Waals surface area contributed by atoms with Gasteiger partial charge in [-0.15, -0.1) is 0 Å². The highest BCUT2D eigenvalue weighted by molar-refractivity contribution is 6.30. The summed E-state index contributed by atoms with van der Waals surface area (Å²) in [7, 11) is 0. The van der Waals surface area contributed by atoms with E-state index < -0.39 is 5.91 Å². The largest absolute Gasteiger partial charge is 0.365 e. The van der Waals surface area contributed by atoms with Crippen molar-refractivity contribution in [1.29, 1.82) is 0 Å². The van der Waals surface area contributed by atoms with Crippen LogP contribution in [0, 0.1) is 5.82 Å². The molecule has 0 aliphatic rings. The molecule has 2 aromatic carbocycles. The molecule has 0 bridgehead atoms. The lowest BCUT2D eigenvalue weighted by Crippen LogP contribution is -2.12. The normalized spacial score (nSPS) is 11.1. The molecule has 4 rings (SSSR count). The van der Waals surface area contributed by atoms with Crippen LogP contribution in [0.4, 0.5) is 21.7 Å². The Labute approximate surface area is 175 Å². The van der Waals surface area contributed by atoms with E-state index in [-0.39, 0.29) is 17.2 Å². The molecule has 30 heavy (non-hydrogen) atoms. The summed E-state index contributed by atoms with van der Waals surface area (Å²) in [4.78, 5) is 16.3. The van der Waals surface area contributed by atoms with Gasteiger partial charge in [-0.2, -0.15) is 10.2 Å². The number of nitrogens with two attached hydrogens (primary N) is 1.